The van der Waals surface area contributed by atoms with Crippen molar-refractivity contribution in [3.05, 3.63) is 240 Å². The third-order valence-electron chi connectivity index (χ3n) is 13.3. The molecule has 4 heteroatoms. The van der Waals surface area contributed by atoms with Crippen LogP contribution in [0.3, 0.4) is 0 Å². The Morgan fingerprint density at radius 3 is 1.18 bits per heavy atom. The molecule has 9 aromatic carbocycles. The number of hydrogen-bond acceptors (Lipinski definition) is 4. The van der Waals surface area contributed by atoms with Gasteiger partial charge in [-0.1, -0.05) is 147 Å². The van der Waals surface area contributed by atoms with E-state index in [2.05, 4.69) is 253 Å². The first-order chi connectivity index (χ1) is 31.9. The molecule has 0 aliphatic heterocycles. The summed E-state index contributed by atoms with van der Waals surface area (Å²) in [6.45, 7) is 4.71. The monoisotopic (exact) mass is 868 g/mol. The summed E-state index contributed by atoms with van der Waals surface area (Å²) in [7, 11) is 0. The molecule has 2 heterocycles. The maximum Gasteiger partial charge on any atom is 0.0476 e. The van der Waals surface area contributed by atoms with Crippen LogP contribution in [-0.2, 0) is 5.41 Å². The molecule has 0 N–H and O–H groups in total. The molecule has 11 aromatic rings. The van der Waals surface area contributed by atoms with Crippen molar-refractivity contribution in [1.82, 2.24) is 0 Å². The SMILES string of the molecule is CC1(C)c2ccccc2-c2ccc(N(c3ccc(-c4ccc(N(c5ccc(-c6ccc(-c7ccccc7)cc6)cc5)c5ccc6ccsc6c5)cc4)cc3)c3ccc4ccsc4c3)cc21. The average Bonchev–Trinajstić information content (AvgIpc) is 4.10. The predicted molar refractivity (Wildman–Crippen MR) is 280 cm³/mol. The number of hydrogen-bond donors (Lipinski definition) is 0. The fourth-order valence-corrected chi connectivity index (χ4v) is 11.4. The molecule has 1 aliphatic rings. The van der Waals surface area contributed by atoms with Crippen LogP contribution in [0.4, 0.5) is 34.1 Å². The van der Waals surface area contributed by atoms with Gasteiger partial charge in [0.15, 0.2) is 0 Å². The normalized spacial score (nSPS) is 12.6. The van der Waals surface area contributed by atoms with Crippen molar-refractivity contribution in [2.24, 2.45) is 0 Å². The molecule has 0 fully saturated rings. The van der Waals surface area contributed by atoms with Gasteiger partial charge in [0.2, 0.25) is 0 Å². The van der Waals surface area contributed by atoms with E-state index in [1.165, 1.54) is 75.8 Å². The number of anilines is 6. The van der Waals surface area contributed by atoms with Crippen molar-refractivity contribution >= 4 is 77.0 Å². The van der Waals surface area contributed by atoms with Crippen molar-refractivity contribution in [3.63, 3.8) is 0 Å². The van der Waals surface area contributed by atoms with Gasteiger partial charge in [-0.2, -0.15) is 0 Å². The molecule has 0 saturated heterocycles. The van der Waals surface area contributed by atoms with Crippen LogP contribution in [0.1, 0.15) is 25.0 Å². The number of fused-ring (bicyclic) bond motifs is 5. The zero-order chi connectivity index (χ0) is 43.5. The summed E-state index contributed by atoms with van der Waals surface area (Å²) in [5.41, 5.74) is 19.3. The molecule has 0 radical (unpaired) electrons. The van der Waals surface area contributed by atoms with Crippen molar-refractivity contribution in [1.29, 1.82) is 0 Å². The first-order valence-corrected chi connectivity index (χ1v) is 24.0. The molecule has 12 rings (SSSR count). The minimum absolute atomic E-state index is 0.0903. The minimum Gasteiger partial charge on any atom is -0.310 e. The summed E-state index contributed by atoms with van der Waals surface area (Å²) >= 11 is 3.57. The zero-order valence-electron chi connectivity index (χ0n) is 36.2. The van der Waals surface area contributed by atoms with Gasteiger partial charge in [0, 0.05) is 48.9 Å². The van der Waals surface area contributed by atoms with Crippen LogP contribution in [0.5, 0.6) is 0 Å². The molecule has 1 aliphatic carbocycles. The highest BCUT2D eigenvalue weighted by Crippen LogP contribution is 2.51. The lowest BCUT2D eigenvalue weighted by Gasteiger charge is -2.28. The van der Waals surface area contributed by atoms with E-state index >= 15 is 0 Å². The van der Waals surface area contributed by atoms with Crippen LogP contribution in [0.15, 0.2) is 229 Å². The van der Waals surface area contributed by atoms with Crippen molar-refractivity contribution in [3.8, 4) is 44.5 Å². The molecule has 0 unspecified atom stereocenters. The lowest BCUT2D eigenvalue weighted by Crippen LogP contribution is -2.16. The molecule has 2 nitrogen and oxygen atoms in total. The number of rotatable bonds is 9. The van der Waals surface area contributed by atoms with Gasteiger partial charge in [0.25, 0.3) is 0 Å². The molecular weight excluding hydrogens is 825 g/mol. The Balaban J connectivity index is 0.866. The summed E-state index contributed by atoms with van der Waals surface area (Å²) in [5.74, 6) is 0. The van der Waals surface area contributed by atoms with Gasteiger partial charge in [-0.25, -0.2) is 0 Å². The van der Waals surface area contributed by atoms with Crippen LogP contribution >= 0.6 is 22.7 Å². The van der Waals surface area contributed by atoms with E-state index in [0.717, 1.165) is 34.1 Å². The average molecular weight is 869 g/mol. The zero-order valence-corrected chi connectivity index (χ0v) is 37.8. The maximum atomic E-state index is 2.42. The van der Waals surface area contributed by atoms with Gasteiger partial charge < -0.3 is 9.80 Å². The van der Waals surface area contributed by atoms with E-state index in [1.54, 1.807) is 22.7 Å². The smallest absolute Gasteiger partial charge is 0.0476 e. The van der Waals surface area contributed by atoms with Crippen LogP contribution < -0.4 is 9.80 Å². The van der Waals surface area contributed by atoms with Crippen LogP contribution in [0.25, 0.3) is 64.7 Å². The summed E-state index contributed by atoms with van der Waals surface area (Å²) in [6.07, 6.45) is 0. The lowest BCUT2D eigenvalue weighted by molar-refractivity contribution is 0.660. The summed E-state index contributed by atoms with van der Waals surface area (Å²) in [4.78, 5) is 4.78. The Kier molecular flexibility index (Phi) is 9.59. The fourth-order valence-electron chi connectivity index (χ4n) is 9.79. The van der Waals surface area contributed by atoms with E-state index in [1.807, 2.05) is 0 Å². The van der Waals surface area contributed by atoms with E-state index in [9.17, 15) is 0 Å². The van der Waals surface area contributed by atoms with E-state index in [-0.39, 0.29) is 5.41 Å². The van der Waals surface area contributed by atoms with Crippen LogP contribution in [0.2, 0.25) is 0 Å². The second-order valence-electron chi connectivity index (χ2n) is 17.4. The highest BCUT2D eigenvalue weighted by atomic mass is 32.1. The molecule has 0 amide bonds. The standard InChI is InChI=1S/C61H44N2S2/c1-61(2)57-11-7-6-10-55(57)56-33-32-52(38-58(56)61)63(54-31-23-48-35-37-65-60(48)40-54)51-28-20-46(21-29-51)45-18-26-50(27-19-45)62(53-30-22-47-34-36-64-59(47)39-53)49-24-16-44(17-25-49)43-14-12-42(13-15-43)41-8-4-3-5-9-41/h3-40H,1-2H3. The minimum atomic E-state index is -0.0903. The third kappa shape index (κ3) is 7.03. The van der Waals surface area contributed by atoms with Gasteiger partial charge in [0.1, 0.15) is 0 Å². The molecule has 0 atom stereocenters. The van der Waals surface area contributed by atoms with Crippen molar-refractivity contribution in [2.75, 3.05) is 9.80 Å². The molecule has 0 spiro atoms. The Bertz CT molecular complexity index is 3490. The van der Waals surface area contributed by atoms with Gasteiger partial charge in [-0.05, 0) is 162 Å². The first kappa shape index (κ1) is 39.1. The quantitative estimate of drug-likeness (QED) is 0.143. The Morgan fingerprint density at radius 1 is 0.308 bits per heavy atom. The lowest BCUT2D eigenvalue weighted by atomic mass is 9.82. The van der Waals surface area contributed by atoms with Gasteiger partial charge >= 0.3 is 0 Å². The van der Waals surface area contributed by atoms with Crippen molar-refractivity contribution < 1.29 is 0 Å². The third-order valence-corrected chi connectivity index (χ3v) is 15.0. The van der Waals surface area contributed by atoms with E-state index in [0.29, 0.717) is 0 Å². The molecule has 65 heavy (non-hydrogen) atoms. The first-order valence-electron chi connectivity index (χ1n) is 22.2. The predicted octanol–water partition coefficient (Wildman–Crippen LogP) is 18.4. The largest absolute Gasteiger partial charge is 0.310 e. The molecular formula is C61H44N2S2. The van der Waals surface area contributed by atoms with Crippen LogP contribution in [-0.4, -0.2) is 0 Å². The van der Waals surface area contributed by atoms with Crippen molar-refractivity contribution in [2.45, 2.75) is 19.3 Å². The van der Waals surface area contributed by atoms with E-state index in [4.69, 9.17) is 0 Å². The molecule has 0 saturated carbocycles. The highest BCUT2D eigenvalue weighted by molar-refractivity contribution is 7.17. The molecule has 310 valence electrons. The summed E-state index contributed by atoms with van der Waals surface area (Å²) in [5, 5.41) is 6.89. The second-order valence-corrected chi connectivity index (χ2v) is 19.3. The fraction of sp³-hybridized carbons (Fsp3) is 0.0492. The summed E-state index contributed by atoms with van der Waals surface area (Å²) in [6, 6.07) is 80.4. The van der Waals surface area contributed by atoms with E-state index < -0.39 is 0 Å². The number of benzene rings is 9. The Morgan fingerprint density at radius 2 is 0.677 bits per heavy atom. The number of nitrogens with zero attached hydrogens (tertiary/aromatic N) is 2. The Labute approximate surface area is 388 Å². The van der Waals surface area contributed by atoms with Gasteiger partial charge in [-0.15, -0.1) is 22.7 Å². The maximum absolute atomic E-state index is 2.42. The van der Waals surface area contributed by atoms with Gasteiger partial charge in [-0.3, -0.25) is 0 Å². The van der Waals surface area contributed by atoms with Crippen LogP contribution in [0, 0.1) is 0 Å². The Hall–Kier alpha value is -7.50. The number of thiophene rings is 2. The molecule has 0 bridgehead atoms. The molecule has 2 aromatic heterocycles. The topological polar surface area (TPSA) is 6.48 Å². The van der Waals surface area contributed by atoms with Gasteiger partial charge in [0.05, 0.1) is 0 Å². The highest BCUT2D eigenvalue weighted by Gasteiger charge is 2.35. The second kappa shape index (κ2) is 15.9. The summed E-state index contributed by atoms with van der Waals surface area (Å²) < 4.78 is 2.56.